The molecule has 16 heavy (non-hydrogen) atoms. The molecule has 1 fully saturated rings. The molecule has 2 unspecified atom stereocenters. The predicted molar refractivity (Wildman–Crippen MR) is 60.2 cm³/mol. The summed E-state index contributed by atoms with van der Waals surface area (Å²) in [4.78, 5) is 10.5. The minimum absolute atomic E-state index is 0.112. The zero-order valence-electron chi connectivity index (χ0n) is 9.13. The van der Waals surface area contributed by atoms with Crippen LogP contribution < -0.4 is 0 Å². The Morgan fingerprint density at radius 2 is 2.06 bits per heavy atom. The summed E-state index contributed by atoms with van der Waals surface area (Å²) in [5, 5.41) is 8.60. The van der Waals surface area contributed by atoms with Crippen LogP contribution in [0.25, 0.3) is 0 Å². The molecule has 1 N–H and O–H groups in total. The zero-order valence-corrected chi connectivity index (χ0v) is 9.13. The van der Waals surface area contributed by atoms with E-state index in [-0.39, 0.29) is 18.6 Å². The van der Waals surface area contributed by atoms with Crippen molar-refractivity contribution >= 4 is 5.97 Å². The molecular formula is C13H16O3. The summed E-state index contributed by atoms with van der Waals surface area (Å²) in [6, 6.07) is 10.1. The fourth-order valence-electron chi connectivity index (χ4n) is 2.12. The van der Waals surface area contributed by atoms with Crippen LogP contribution in [0.2, 0.25) is 0 Å². The molecule has 0 bridgehead atoms. The largest absolute Gasteiger partial charge is 0.481 e. The van der Waals surface area contributed by atoms with Gasteiger partial charge in [0.15, 0.2) is 0 Å². The SMILES string of the molecule is O=C(O)CCC1CCC(c2ccccc2)O1. The maximum atomic E-state index is 10.5. The molecule has 0 aliphatic carbocycles. The zero-order chi connectivity index (χ0) is 11.4. The third-order valence-electron chi connectivity index (χ3n) is 2.96. The topological polar surface area (TPSA) is 46.5 Å². The quantitative estimate of drug-likeness (QED) is 0.848. The summed E-state index contributed by atoms with van der Waals surface area (Å²) < 4.78 is 5.83. The molecule has 0 amide bonds. The van der Waals surface area contributed by atoms with Crippen LogP contribution in [-0.2, 0) is 9.53 Å². The second-order valence-corrected chi connectivity index (χ2v) is 4.17. The molecule has 86 valence electrons. The molecule has 1 aliphatic heterocycles. The average molecular weight is 220 g/mol. The number of hydrogen-bond donors (Lipinski definition) is 1. The number of aliphatic carboxylic acids is 1. The van der Waals surface area contributed by atoms with Gasteiger partial charge < -0.3 is 9.84 Å². The lowest BCUT2D eigenvalue weighted by molar-refractivity contribution is -0.137. The monoisotopic (exact) mass is 220 g/mol. The number of benzene rings is 1. The lowest BCUT2D eigenvalue weighted by Gasteiger charge is -2.13. The Morgan fingerprint density at radius 1 is 1.31 bits per heavy atom. The Kier molecular flexibility index (Phi) is 3.57. The second kappa shape index (κ2) is 5.12. The third kappa shape index (κ3) is 2.83. The van der Waals surface area contributed by atoms with Crippen molar-refractivity contribution in [2.75, 3.05) is 0 Å². The Bertz CT molecular complexity index is 347. The van der Waals surface area contributed by atoms with E-state index in [1.165, 1.54) is 5.56 Å². The summed E-state index contributed by atoms with van der Waals surface area (Å²) in [7, 11) is 0. The van der Waals surface area contributed by atoms with Gasteiger partial charge in [-0.05, 0) is 24.8 Å². The van der Waals surface area contributed by atoms with Crippen molar-refractivity contribution in [3.8, 4) is 0 Å². The molecule has 1 aliphatic rings. The summed E-state index contributed by atoms with van der Waals surface area (Å²) in [6.45, 7) is 0. The van der Waals surface area contributed by atoms with Crippen LogP contribution in [-0.4, -0.2) is 17.2 Å². The molecule has 1 saturated heterocycles. The van der Waals surface area contributed by atoms with E-state index < -0.39 is 5.97 Å². The minimum atomic E-state index is -0.744. The van der Waals surface area contributed by atoms with E-state index in [0.29, 0.717) is 6.42 Å². The molecule has 3 nitrogen and oxygen atoms in total. The van der Waals surface area contributed by atoms with Gasteiger partial charge in [0.1, 0.15) is 0 Å². The first-order valence-corrected chi connectivity index (χ1v) is 5.68. The van der Waals surface area contributed by atoms with Crippen LogP contribution in [0.15, 0.2) is 30.3 Å². The Balaban J connectivity index is 1.86. The van der Waals surface area contributed by atoms with Crippen molar-refractivity contribution in [3.05, 3.63) is 35.9 Å². The Morgan fingerprint density at radius 3 is 2.75 bits per heavy atom. The van der Waals surface area contributed by atoms with Gasteiger partial charge >= 0.3 is 5.97 Å². The van der Waals surface area contributed by atoms with Crippen molar-refractivity contribution in [1.29, 1.82) is 0 Å². The third-order valence-corrected chi connectivity index (χ3v) is 2.96. The van der Waals surface area contributed by atoms with Crippen LogP contribution in [0.1, 0.15) is 37.4 Å². The standard InChI is InChI=1S/C13H16O3/c14-13(15)9-7-11-6-8-12(16-11)10-4-2-1-3-5-10/h1-5,11-12H,6-9H2,(H,14,15). The predicted octanol–water partition coefficient (Wildman–Crippen LogP) is 2.77. The van der Waals surface area contributed by atoms with E-state index in [4.69, 9.17) is 9.84 Å². The summed E-state index contributed by atoms with van der Waals surface area (Å²) in [6.07, 6.45) is 3.05. The summed E-state index contributed by atoms with van der Waals surface area (Å²) in [5.41, 5.74) is 1.19. The van der Waals surface area contributed by atoms with Crippen LogP contribution in [0, 0.1) is 0 Å². The van der Waals surface area contributed by atoms with Crippen LogP contribution in [0.5, 0.6) is 0 Å². The molecule has 1 aromatic rings. The van der Waals surface area contributed by atoms with E-state index >= 15 is 0 Å². The Hall–Kier alpha value is -1.35. The molecule has 0 spiro atoms. The lowest BCUT2D eigenvalue weighted by atomic mass is 10.1. The van der Waals surface area contributed by atoms with Gasteiger partial charge in [-0.2, -0.15) is 0 Å². The lowest BCUT2D eigenvalue weighted by Crippen LogP contribution is -2.09. The van der Waals surface area contributed by atoms with Gasteiger partial charge in [0.25, 0.3) is 0 Å². The van der Waals surface area contributed by atoms with Gasteiger partial charge in [0.05, 0.1) is 12.2 Å². The highest BCUT2D eigenvalue weighted by molar-refractivity contribution is 5.66. The molecular weight excluding hydrogens is 204 g/mol. The summed E-state index contributed by atoms with van der Waals surface area (Å²) >= 11 is 0. The van der Waals surface area contributed by atoms with E-state index in [1.54, 1.807) is 0 Å². The molecule has 0 radical (unpaired) electrons. The van der Waals surface area contributed by atoms with Crippen molar-refractivity contribution < 1.29 is 14.6 Å². The maximum absolute atomic E-state index is 10.5. The van der Waals surface area contributed by atoms with Crippen LogP contribution in [0.3, 0.4) is 0 Å². The number of carbonyl (C=O) groups is 1. The highest BCUT2D eigenvalue weighted by atomic mass is 16.5. The van der Waals surface area contributed by atoms with Gasteiger partial charge in [-0.3, -0.25) is 4.79 Å². The normalized spacial score (nSPS) is 24.5. The van der Waals surface area contributed by atoms with Gasteiger partial charge in [0.2, 0.25) is 0 Å². The van der Waals surface area contributed by atoms with Crippen molar-refractivity contribution in [1.82, 2.24) is 0 Å². The number of hydrogen-bond acceptors (Lipinski definition) is 2. The van der Waals surface area contributed by atoms with Crippen molar-refractivity contribution in [2.24, 2.45) is 0 Å². The van der Waals surface area contributed by atoms with Crippen molar-refractivity contribution in [3.63, 3.8) is 0 Å². The van der Waals surface area contributed by atoms with Crippen molar-refractivity contribution in [2.45, 2.75) is 37.9 Å². The smallest absolute Gasteiger partial charge is 0.303 e. The molecule has 3 heteroatoms. The van der Waals surface area contributed by atoms with E-state index in [0.717, 1.165) is 12.8 Å². The fraction of sp³-hybridized carbons (Fsp3) is 0.462. The van der Waals surface area contributed by atoms with Gasteiger partial charge in [-0.25, -0.2) is 0 Å². The number of carboxylic acids is 1. The first kappa shape index (κ1) is 11.1. The molecule has 1 aromatic carbocycles. The highest BCUT2D eigenvalue weighted by Crippen LogP contribution is 2.34. The van der Waals surface area contributed by atoms with Gasteiger partial charge in [-0.15, -0.1) is 0 Å². The van der Waals surface area contributed by atoms with Gasteiger partial charge in [0, 0.05) is 6.42 Å². The average Bonchev–Trinajstić information content (AvgIpc) is 2.76. The van der Waals surface area contributed by atoms with Crippen LogP contribution in [0.4, 0.5) is 0 Å². The number of carboxylic acid groups (broad SMARTS) is 1. The fourth-order valence-corrected chi connectivity index (χ4v) is 2.12. The number of rotatable bonds is 4. The summed E-state index contributed by atoms with van der Waals surface area (Å²) in [5.74, 6) is -0.744. The molecule has 2 atom stereocenters. The number of ether oxygens (including phenoxy) is 1. The second-order valence-electron chi connectivity index (χ2n) is 4.17. The first-order valence-electron chi connectivity index (χ1n) is 5.68. The van der Waals surface area contributed by atoms with E-state index in [9.17, 15) is 4.79 Å². The highest BCUT2D eigenvalue weighted by Gasteiger charge is 2.26. The molecule has 1 heterocycles. The van der Waals surface area contributed by atoms with E-state index in [1.807, 2.05) is 18.2 Å². The van der Waals surface area contributed by atoms with E-state index in [2.05, 4.69) is 12.1 Å². The van der Waals surface area contributed by atoms with Gasteiger partial charge in [-0.1, -0.05) is 30.3 Å². The molecule has 0 aromatic heterocycles. The minimum Gasteiger partial charge on any atom is -0.481 e. The maximum Gasteiger partial charge on any atom is 0.303 e. The first-order chi connectivity index (χ1) is 7.75. The van der Waals surface area contributed by atoms with Crippen LogP contribution >= 0.6 is 0 Å². The molecule has 2 rings (SSSR count). The molecule has 0 saturated carbocycles. The Labute approximate surface area is 95.0 Å².